The third kappa shape index (κ3) is 5.01. The minimum atomic E-state index is 0.561. The third-order valence-electron chi connectivity index (χ3n) is 2.21. The Labute approximate surface area is 129 Å². The highest BCUT2D eigenvalue weighted by Gasteiger charge is 2.06. The molecule has 0 aliphatic heterocycles. The van der Waals surface area contributed by atoms with Gasteiger partial charge in [0.2, 0.25) is 0 Å². The summed E-state index contributed by atoms with van der Waals surface area (Å²) in [4.78, 5) is 0. The highest BCUT2D eigenvalue weighted by molar-refractivity contribution is 14.1. The van der Waals surface area contributed by atoms with Crippen LogP contribution in [-0.4, -0.2) is 30.5 Å². The van der Waals surface area contributed by atoms with Crippen LogP contribution in [0.3, 0.4) is 0 Å². The van der Waals surface area contributed by atoms with Crippen LogP contribution < -0.4 is 10.1 Å². The quantitative estimate of drug-likeness (QED) is 0.581. The number of ether oxygens (including phenoxy) is 2. The van der Waals surface area contributed by atoms with Gasteiger partial charge < -0.3 is 14.8 Å². The number of hydrogen-bond donors (Lipinski definition) is 1. The van der Waals surface area contributed by atoms with Crippen LogP contribution in [0.2, 0.25) is 0 Å². The normalized spacial score (nSPS) is 10.6. The van der Waals surface area contributed by atoms with Crippen LogP contribution in [0.4, 0.5) is 0 Å². The van der Waals surface area contributed by atoms with E-state index in [2.05, 4.69) is 38.1 Å². The van der Waals surface area contributed by atoms with Crippen LogP contribution in [-0.2, 0) is 11.3 Å². The van der Waals surface area contributed by atoms with E-state index in [1.54, 1.807) is 7.11 Å². The van der Waals surface area contributed by atoms with Gasteiger partial charge in [-0.3, -0.25) is 0 Å². The van der Waals surface area contributed by atoms with Gasteiger partial charge in [0.15, 0.2) is 0 Å². The van der Waals surface area contributed by atoms with E-state index < -0.39 is 0 Å². The van der Waals surface area contributed by atoms with Gasteiger partial charge in [0, 0.05) is 23.8 Å². The van der Waals surface area contributed by atoms with Gasteiger partial charge in [-0.05, 0) is 40.8 Å². The molecule has 102 valence electrons. The van der Waals surface area contributed by atoms with Crippen LogP contribution in [0.25, 0.3) is 0 Å². The summed E-state index contributed by atoms with van der Waals surface area (Å²) in [5.41, 5.74) is 0. The maximum atomic E-state index is 5.65. The number of nitrogens with zero attached hydrogens (tertiary/aromatic N) is 2. The molecule has 5 nitrogen and oxygen atoms in total. The van der Waals surface area contributed by atoms with Gasteiger partial charge in [0.1, 0.15) is 10.8 Å². The minimum Gasteiger partial charge on any atom is -0.430 e. The Bertz CT molecular complexity index is 521. The van der Waals surface area contributed by atoms with E-state index in [9.17, 15) is 0 Å². The molecule has 1 aromatic heterocycles. The highest BCUT2D eigenvalue weighted by atomic mass is 127. The summed E-state index contributed by atoms with van der Waals surface area (Å²) in [6.45, 7) is 2.16. The Balaban J connectivity index is 1.87. The molecular weight excluding hydrogens is 377 g/mol. The number of aromatic nitrogens is 2. The second-order valence-corrected chi connectivity index (χ2v) is 5.96. The lowest BCUT2D eigenvalue weighted by molar-refractivity contribution is 0.199. The van der Waals surface area contributed by atoms with Crippen LogP contribution >= 0.6 is 33.9 Å². The maximum absolute atomic E-state index is 5.65. The van der Waals surface area contributed by atoms with Gasteiger partial charge >= 0.3 is 0 Å². The zero-order valence-electron chi connectivity index (χ0n) is 10.4. The predicted octanol–water partition coefficient (Wildman–Crippen LogP) is 2.67. The van der Waals surface area contributed by atoms with Gasteiger partial charge in [-0.1, -0.05) is 22.5 Å². The summed E-state index contributed by atoms with van der Waals surface area (Å²) in [5, 5.41) is 12.8. The molecule has 0 aliphatic rings. The molecule has 0 unspecified atom stereocenters. The number of halogens is 1. The second kappa shape index (κ2) is 7.73. The van der Waals surface area contributed by atoms with Crippen molar-refractivity contribution >= 4 is 33.9 Å². The zero-order valence-corrected chi connectivity index (χ0v) is 13.4. The monoisotopic (exact) mass is 391 g/mol. The van der Waals surface area contributed by atoms with E-state index in [-0.39, 0.29) is 0 Å². The molecule has 0 saturated carbocycles. The van der Waals surface area contributed by atoms with Crippen molar-refractivity contribution in [2.45, 2.75) is 6.54 Å². The van der Waals surface area contributed by atoms with Crippen molar-refractivity contribution in [3.05, 3.63) is 32.8 Å². The van der Waals surface area contributed by atoms with Gasteiger partial charge in [0.05, 0.1) is 6.61 Å². The maximum Gasteiger partial charge on any atom is 0.299 e. The number of hydrogen-bond acceptors (Lipinski definition) is 6. The summed E-state index contributed by atoms with van der Waals surface area (Å²) in [7, 11) is 1.68. The minimum absolute atomic E-state index is 0.561. The van der Waals surface area contributed by atoms with Crippen LogP contribution in [0.5, 0.6) is 10.9 Å². The molecule has 0 bridgehead atoms. The van der Waals surface area contributed by atoms with Crippen molar-refractivity contribution in [1.29, 1.82) is 0 Å². The first-order valence-electron chi connectivity index (χ1n) is 5.73. The van der Waals surface area contributed by atoms with Gasteiger partial charge in [-0.15, -0.1) is 5.10 Å². The van der Waals surface area contributed by atoms with Crippen molar-refractivity contribution in [3.8, 4) is 10.9 Å². The molecule has 1 aromatic carbocycles. The molecule has 0 amide bonds. The molecule has 0 fully saturated rings. The molecule has 2 rings (SSSR count). The smallest absolute Gasteiger partial charge is 0.299 e. The fourth-order valence-corrected chi connectivity index (χ4v) is 2.54. The summed E-state index contributed by atoms with van der Waals surface area (Å²) in [6.07, 6.45) is 0. The van der Waals surface area contributed by atoms with Gasteiger partial charge in [-0.25, -0.2) is 0 Å². The SMILES string of the molecule is COCCNCc1nnc(Oc2cccc(I)c2)s1. The van der Waals surface area contributed by atoms with Crippen LogP contribution in [0, 0.1) is 3.57 Å². The Morgan fingerprint density at radius 1 is 1.37 bits per heavy atom. The largest absolute Gasteiger partial charge is 0.430 e. The molecule has 0 radical (unpaired) electrons. The van der Waals surface area contributed by atoms with E-state index in [4.69, 9.17) is 9.47 Å². The lowest BCUT2D eigenvalue weighted by Gasteiger charge is -2.01. The van der Waals surface area contributed by atoms with E-state index in [1.807, 2.05) is 24.3 Å². The molecule has 7 heteroatoms. The van der Waals surface area contributed by atoms with Gasteiger partial charge in [-0.2, -0.15) is 0 Å². The summed E-state index contributed by atoms with van der Waals surface area (Å²) in [6, 6.07) is 7.82. The van der Waals surface area contributed by atoms with E-state index >= 15 is 0 Å². The first-order valence-corrected chi connectivity index (χ1v) is 7.63. The predicted molar refractivity (Wildman–Crippen MR) is 82.7 cm³/mol. The second-order valence-electron chi connectivity index (χ2n) is 3.69. The number of benzene rings is 1. The number of rotatable bonds is 7. The fraction of sp³-hybridized carbons (Fsp3) is 0.333. The average molecular weight is 391 g/mol. The standard InChI is InChI=1S/C12H14IN3O2S/c1-17-6-5-14-8-11-15-16-12(19-11)18-10-4-2-3-9(13)7-10/h2-4,7,14H,5-6,8H2,1H3. The average Bonchev–Trinajstić information content (AvgIpc) is 2.82. The molecule has 0 atom stereocenters. The molecule has 19 heavy (non-hydrogen) atoms. The Kier molecular flexibility index (Phi) is 5.95. The molecule has 0 aliphatic carbocycles. The Hall–Kier alpha value is -0.770. The molecule has 1 N–H and O–H groups in total. The van der Waals surface area contributed by atoms with Crippen molar-refractivity contribution < 1.29 is 9.47 Å². The zero-order chi connectivity index (χ0) is 13.5. The first kappa shape index (κ1) is 14.6. The molecule has 2 aromatic rings. The van der Waals surface area contributed by atoms with Gasteiger partial charge in [0.25, 0.3) is 5.19 Å². The topological polar surface area (TPSA) is 56.3 Å². The van der Waals surface area contributed by atoms with E-state index in [1.165, 1.54) is 11.3 Å². The van der Waals surface area contributed by atoms with Crippen LogP contribution in [0.1, 0.15) is 5.01 Å². The highest BCUT2D eigenvalue weighted by Crippen LogP contribution is 2.25. The van der Waals surface area contributed by atoms with Crippen LogP contribution in [0.15, 0.2) is 24.3 Å². The summed E-state index contributed by atoms with van der Waals surface area (Å²) in [5.74, 6) is 0.780. The summed E-state index contributed by atoms with van der Waals surface area (Å²) < 4.78 is 11.7. The molecule has 0 saturated heterocycles. The number of nitrogens with one attached hydrogen (secondary N) is 1. The third-order valence-corrected chi connectivity index (χ3v) is 3.68. The van der Waals surface area contributed by atoms with E-state index in [0.717, 1.165) is 20.9 Å². The molecule has 0 spiro atoms. The van der Waals surface area contributed by atoms with Crippen molar-refractivity contribution in [2.75, 3.05) is 20.3 Å². The Morgan fingerprint density at radius 3 is 3.05 bits per heavy atom. The fourth-order valence-electron chi connectivity index (χ4n) is 1.35. The van der Waals surface area contributed by atoms with Crippen molar-refractivity contribution in [1.82, 2.24) is 15.5 Å². The van der Waals surface area contributed by atoms with E-state index in [0.29, 0.717) is 18.3 Å². The first-order chi connectivity index (χ1) is 9.28. The van der Waals surface area contributed by atoms with Crippen molar-refractivity contribution in [2.24, 2.45) is 0 Å². The molecular formula is C12H14IN3O2S. The van der Waals surface area contributed by atoms with Crippen molar-refractivity contribution in [3.63, 3.8) is 0 Å². The lowest BCUT2D eigenvalue weighted by Crippen LogP contribution is -2.18. The number of methoxy groups -OCH3 is 1. The summed E-state index contributed by atoms with van der Waals surface area (Å²) >= 11 is 3.69. The lowest BCUT2D eigenvalue weighted by atomic mass is 10.3. The molecule has 1 heterocycles. The Morgan fingerprint density at radius 2 is 2.26 bits per heavy atom.